The van der Waals surface area contributed by atoms with Crippen LogP contribution in [0.1, 0.15) is 27.2 Å². The summed E-state index contributed by atoms with van der Waals surface area (Å²) in [5, 5.41) is 22.3. The van der Waals surface area contributed by atoms with Gasteiger partial charge in [0.2, 0.25) is 5.91 Å². The van der Waals surface area contributed by atoms with E-state index in [1.165, 1.54) is 11.8 Å². The van der Waals surface area contributed by atoms with Gasteiger partial charge in [-0.2, -0.15) is 11.8 Å². The molecule has 0 aromatic heterocycles. The van der Waals surface area contributed by atoms with Gasteiger partial charge in [-0.1, -0.05) is 0 Å². The van der Waals surface area contributed by atoms with Crippen molar-refractivity contribution in [3.05, 3.63) is 0 Å². The molecule has 2 rings (SSSR count). The molecule has 13 heteroatoms. The van der Waals surface area contributed by atoms with Gasteiger partial charge in [0.25, 0.3) is 0 Å². The Morgan fingerprint density at radius 3 is 2.27 bits per heavy atom. The third kappa shape index (κ3) is 4.82. The molecule has 170 valence electrons. The average Bonchev–Trinajstić information content (AvgIpc) is 3.28. The number of carbonyl (C=O) groups is 4. The topological polar surface area (TPSA) is 176 Å². The summed E-state index contributed by atoms with van der Waals surface area (Å²) < 4.78 is 29.8. The Hall–Kier alpha value is -2.02. The summed E-state index contributed by atoms with van der Waals surface area (Å²) in [7, 11) is -4.03. The molecule has 1 aliphatic heterocycles. The lowest BCUT2D eigenvalue weighted by Gasteiger charge is -2.30. The van der Waals surface area contributed by atoms with Crippen molar-refractivity contribution in [2.75, 3.05) is 17.8 Å². The molecule has 0 radical (unpaired) electrons. The molecule has 5 atom stereocenters. The molecule has 1 saturated carbocycles. The molecule has 0 aromatic carbocycles. The van der Waals surface area contributed by atoms with Gasteiger partial charge in [0.05, 0.1) is 16.9 Å². The number of hydrogen-bond donors (Lipinski definition) is 4. The minimum absolute atomic E-state index is 0.130. The highest BCUT2D eigenvalue weighted by Gasteiger charge is 2.79. The van der Waals surface area contributed by atoms with Crippen molar-refractivity contribution >= 4 is 45.5 Å². The number of sulfone groups is 1. The highest BCUT2D eigenvalue weighted by Crippen LogP contribution is 2.57. The molecular formula is C17H26N2O9S2. The molecule has 30 heavy (non-hydrogen) atoms. The molecule has 1 aliphatic carbocycles. The number of rotatable bonds is 8. The highest BCUT2D eigenvalue weighted by atomic mass is 32.2. The lowest BCUT2D eigenvalue weighted by atomic mass is 9.93. The number of fused-ring (bicyclic) bond motifs is 1. The number of carbonyl (C=O) groups excluding carboxylic acids is 2. The van der Waals surface area contributed by atoms with Crippen LogP contribution in [0.3, 0.4) is 0 Å². The maximum absolute atomic E-state index is 12.9. The van der Waals surface area contributed by atoms with E-state index in [-0.39, 0.29) is 6.42 Å². The third-order valence-electron chi connectivity index (χ3n) is 5.00. The quantitative estimate of drug-likeness (QED) is 0.371. The number of alkyl carbamates (subject to hydrolysis) is 1. The second-order valence-corrected chi connectivity index (χ2v) is 11.6. The van der Waals surface area contributed by atoms with Gasteiger partial charge in [-0.15, -0.1) is 0 Å². The molecule has 2 amide bonds. The van der Waals surface area contributed by atoms with E-state index in [2.05, 4.69) is 10.6 Å². The lowest BCUT2D eigenvalue weighted by molar-refractivity contribution is -0.148. The first kappa shape index (κ1) is 24.3. The van der Waals surface area contributed by atoms with Crippen molar-refractivity contribution in [2.24, 2.45) is 11.8 Å². The van der Waals surface area contributed by atoms with E-state index in [9.17, 15) is 37.8 Å². The Kier molecular flexibility index (Phi) is 6.67. The standard InChI is InChI=1S/C17H26N2O9S2/c1-16(2,3)28-15(25)18-8(5-6-29-4)12(20)19-17(14(23)24)7-30(26,27)11-9(10(11)17)13(21)22/h8-11H,5-7H2,1-4H3,(H,18,25)(H,19,20)(H,21,22)(H,23,24)/t8-,9+,10+,11-,17-/m0/s1. The normalized spacial score (nSPS) is 29.9. The van der Waals surface area contributed by atoms with Crippen LogP contribution in [0.15, 0.2) is 0 Å². The van der Waals surface area contributed by atoms with Crippen LogP contribution in [0.4, 0.5) is 4.79 Å². The predicted octanol–water partition coefficient (Wildman–Crippen LogP) is -0.300. The van der Waals surface area contributed by atoms with E-state index >= 15 is 0 Å². The average molecular weight is 467 g/mol. The fourth-order valence-corrected chi connectivity index (χ4v) is 6.94. The van der Waals surface area contributed by atoms with Crippen LogP contribution in [-0.2, 0) is 29.0 Å². The fourth-order valence-electron chi connectivity index (χ4n) is 3.76. The first-order valence-electron chi connectivity index (χ1n) is 9.14. The summed E-state index contributed by atoms with van der Waals surface area (Å²) in [4.78, 5) is 48.3. The van der Waals surface area contributed by atoms with Crippen LogP contribution >= 0.6 is 11.8 Å². The van der Waals surface area contributed by atoms with E-state index in [4.69, 9.17) is 4.74 Å². The van der Waals surface area contributed by atoms with E-state index in [0.717, 1.165) is 0 Å². The number of hydrogen-bond acceptors (Lipinski definition) is 8. The van der Waals surface area contributed by atoms with Crippen LogP contribution in [0.25, 0.3) is 0 Å². The molecule has 0 bridgehead atoms. The van der Waals surface area contributed by atoms with Gasteiger partial charge in [0.15, 0.2) is 15.4 Å². The van der Waals surface area contributed by atoms with Crippen molar-refractivity contribution in [1.29, 1.82) is 0 Å². The molecular weight excluding hydrogens is 440 g/mol. The van der Waals surface area contributed by atoms with Crippen LogP contribution in [0.2, 0.25) is 0 Å². The fraction of sp³-hybridized carbons (Fsp3) is 0.765. The van der Waals surface area contributed by atoms with Crippen LogP contribution in [0, 0.1) is 11.8 Å². The third-order valence-corrected chi connectivity index (χ3v) is 7.92. The maximum Gasteiger partial charge on any atom is 0.408 e. The van der Waals surface area contributed by atoms with Gasteiger partial charge >= 0.3 is 18.0 Å². The van der Waals surface area contributed by atoms with Crippen molar-refractivity contribution < 1.29 is 42.5 Å². The number of nitrogens with one attached hydrogen (secondary N) is 2. The second-order valence-electron chi connectivity index (χ2n) is 8.41. The van der Waals surface area contributed by atoms with Crippen molar-refractivity contribution in [2.45, 2.75) is 49.6 Å². The molecule has 1 saturated heterocycles. The first-order valence-corrected chi connectivity index (χ1v) is 12.3. The Morgan fingerprint density at radius 1 is 1.23 bits per heavy atom. The van der Waals surface area contributed by atoms with Gasteiger partial charge in [0, 0.05) is 5.92 Å². The summed E-state index contributed by atoms with van der Waals surface area (Å²) in [6.45, 7) is 4.89. The van der Waals surface area contributed by atoms with Gasteiger partial charge in [-0.3, -0.25) is 9.59 Å². The van der Waals surface area contributed by atoms with Crippen LogP contribution < -0.4 is 10.6 Å². The molecule has 2 fully saturated rings. The zero-order chi connectivity index (χ0) is 23.1. The number of aliphatic carboxylic acids is 2. The highest BCUT2D eigenvalue weighted by molar-refractivity contribution is 7.98. The number of carboxylic acids is 2. The summed E-state index contributed by atoms with van der Waals surface area (Å²) in [6.07, 6.45) is 1.02. The Bertz CT molecular complexity index is 852. The maximum atomic E-state index is 12.9. The number of amides is 2. The Morgan fingerprint density at radius 2 is 1.83 bits per heavy atom. The monoisotopic (exact) mass is 466 g/mol. The van der Waals surface area contributed by atoms with E-state index in [1.807, 2.05) is 0 Å². The molecule has 0 aromatic rings. The van der Waals surface area contributed by atoms with Gasteiger partial charge in [-0.25, -0.2) is 18.0 Å². The second kappa shape index (κ2) is 8.25. The SMILES string of the molecule is CSCC[C@H](NC(=O)OC(C)(C)C)C(=O)N[C@@]1(C(=O)O)CS(=O)(=O)[C@H]2[C@H](C(=O)O)[C@H]21. The smallest absolute Gasteiger partial charge is 0.408 e. The molecule has 0 unspecified atom stereocenters. The van der Waals surface area contributed by atoms with Gasteiger partial charge < -0.3 is 25.6 Å². The number of carboxylic acid groups (broad SMARTS) is 2. The lowest BCUT2D eigenvalue weighted by Crippen LogP contribution is -2.62. The van der Waals surface area contributed by atoms with E-state index in [0.29, 0.717) is 5.75 Å². The molecule has 1 heterocycles. The molecule has 4 N–H and O–H groups in total. The number of thioether (sulfide) groups is 1. The van der Waals surface area contributed by atoms with E-state index < -0.39 is 73.8 Å². The van der Waals surface area contributed by atoms with Crippen molar-refractivity contribution in [1.82, 2.24) is 10.6 Å². The van der Waals surface area contributed by atoms with E-state index in [1.54, 1.807) is 27.0 Å². The Labute approximate surface area is 178 Å². The van der Waals surface area contributed by atoms with Gasteiger partial charge in [-0.05, 0) is 39.2 Å². The predicted molar refractivity (Wildman–Crippen MR) is 107 cm³/mol. The zero-order valence-corrected chi connectivity index (χ0v) is 18.6. The van der Waals surface area contributed by atoms with Crippen molar-refractivity contribution in [3.8, 4) is 0 Å². The minimum Gasteiger partial charge on any atom is -0.481 e. The van der Waals surface area contributed by atoms with Crippen molar-refractivity contribution in [3.63, 3.8) is 0 Å². The summed E-state index contributed by atoms with van der Waals surface area (Å²) in [5.74, 6) is -7.11. The molecule has 11 nitrogen and oxygen atoms in total. The summed E-state index contributed by atoms with van der Waals surface area (Å²) in [5.41, 5.74) is -3.10. The summed E-state index contributed by atoms with van der Waals surface area (Å²) >= 11 is 1.39. The number of ether oxygens (including phenoxy) is 1. The van der Waals surface area contributed by atoms with Crippen LogP contribution in [-0.4, -0.2) is 82.8 Å². The van der Waals surface area contributed by atoms with Crippen LogP contribution in [0.5, 0.6) is 0 Å². The first-order chi connectivity index (χ1) is 13.7. The van der Waals surface area contributed by atoms with Gasteiger partial charge in [0.1, 0.15) is 11.6 Å². The largest absolute Gasteiger partial charge is 0.481 e. The Balaban J connectivity index is 2.26. The molecule has 2 aliphatic rings. The summed E-state index contributed by atoms with van der Waals surface area (Å²) in [6, 6.07) is -1.19. The zero-order valence-electron chi connectivity index (χ0n) is 17.0. The minimum atomic E-state index is -4.03. The molecule has 0 spiro atoms.